The Bertz CT molecular complexity index is 583. The maximum atomic E-state index is 12.0. The summed E-state index contributed by atoms with van der Waals surface area (Å²) in [7, 11) is 0. The van der Waals surface area contributed by atoms with Crippen molar-refractivity contribution in [2.24, 2.45) is 0 Å². The molecule has 0 bridgehead atoms. The summed E-state index contributed by atoms with van der Waals surface area (Å²) < 4.78 is 5.85. The zero-order valence-electron chi connectivity index (χ0n) is 13.7. The molecule has 1 aromatic carbocycles. The van der Waals surface area contributed by atoms with Gasteiger partial charge >= 0.3 is 0 Å². The molecule has 23 heavy (non-hydrogen) atoms. The lowest BCUT2D eigenvalue weighted by molar-refractivity contribution is -0.128. The average molecular weight is 316 g/mol. The van der Waals surface area contributed by atoms with Gasteiger partial charge < -0.3 is 15.4 Å². The maximum absolute atomic E-state index is 12.0. The monoisotopic (exact) mass is 316 g/mol. The third kappa shape index (κ3) is 5.13. The molecule has 0 spiro atoms. The normalized spacial score (nSPS) is 19.2. The first-order valence-corrected chi connectivity index (χ1v) is 8.12. The molecule has 1 aromatic rings. The van der Waals surface area contributed by atoms with E-state index in [-0.39, 0.29) is 17.9 Å². The second-order valence-corrected chi connectivity index (χ2v) is 5.70. The minimum absolute atomic E-state index is 0.112. The zero-order valence-corrected chi connectivity index (χ0v) is 13.7. The van der Waals surface area contributed by atoms with E-state index in [0.29, 0.717) is 13.0 Å². The van der Waals surface area contributed by atoms with E-state index in [1.165, 1.54) is 6.08 Å². The van der Waals surface area contributed by atoms with Crippen LogP contribution in [-0.4, -0.2) is 30.5 Å². The summed E-state index contributed by atoms with van der Waals surface area (Å²) >= 11 is 0. The van der Waals surface area contributed by atoms with Crippen LogP contribution in [0.1, 0.15) is 38.7 Å². The largest absolute Gasteiger partial charge is 0.490 e. The van der Waals surface area contributed by atoms with Crippen molar-refractivity contribution in [3.63, 3.8) is 0 Å². The quantitative estimate of drug-likeness (QED) is 0.791. The Morgan fingerprint density at radius 2 is 2.26 bits per heavy atom. The van der Waals surface area contributed by atoms with Crippen molar-refractivity contribution in [1.82, 2.24) is 10.6 Å². The first-order chi connectivity index (χ1) is 11.1. The number of hydrogen-bond donors (Lipinski definition) is 2. The fourth-order valence-electron chi connectivity index (χ4n) is 2.32. The first-order valence-electron chi connectivity index (χ1n) is 8.12. The molecule has 5 heteroatoms. The summed E-state index contributed by atoms with van der Waals surface area (Å²) in [4.78, 5) is 23.6. The van der Waals surface area contributed by atoms with Gasteiger partial charge in [0.1, 0.15) is 11.8 Å². The topological polar surface area (TPSA) is 67.4 Å². The molecule has 2 atom stereocenters. The highest BCUT2D eigenvalue weighted by atomic mass is 16.5. The van der Waals surface area contributed by atoms with Gasteiger partial charge in [-0.1, -0.05) is 25.1 Å². The molecular formula is C18H24N2O3. The standard InChI is InChI=1S/C18H24N2O3/c1-3-13(2)23-16-9-5-4-7-14(16)10-11-17(21)20-15-8-6-12-19-18(15)22/h4-5,7,9-11,13,15H,3,6,8,12H2,1-2H3,(H,19,22)(H,20,21)/b11-10+/t13-,15-/m0/s1. The molecule has 1 aliphatic heterocycles. The van der Waals surface area contributed by atoms with Gasteiger partial charge in [0.2, 0.25) is 11.8 Å². The van der Waals surface area contributed by atoms with Crippen molar-refractivity contribution in [2.75, 3.05) is 6.54 Å². The van der Waals surface area contributed by atoms with Gasteiger partial charge in [0.25, 0.3) is 0 Å². The lowest BCUT2D eigenvalue weighted by Crippen LogP contribution is -2.49. The SMILES string of the molecule is CC[C@H](C)Oc1ccccc1/C=C/C(=O)N[C@H]1CCCNC1=O. The lowest BCUT2D eigenvalue weighted by Gasteiger charge is -2.22. The average Bonchev–Trinajstić information content (AvgIpc) is 2.56. The van der Waals surface area contributed by atoms with Gasteiger partial charge in [0, 0.05) is 18.2 Å². The lowest BCUT2D eigenvalue weighted by atomic mass is 10.1. The van der Waals surface area contributed by atoms with Crippen LogP contribution in [0.25, 0.3) is 6.08 Å². The smallest absolute Gasteiger partial charge is 0.244 e. The summed E-state index contributed by atoms with van der Waals surface area (Å²) in [6.45, 7) is 4.75. The van der Waals surface area contributed by atoms with E-state index in [0.717, 1.165) is 24.2 Å². The Hall–Kier alpha value is -2.30. The van der Waals surface area contributed by atoms with Gasteiger partial charge in [-0.25, -0.2) is 0 Å². The van der Waals surface area contributed by atoms with Crippen LogP contribution < -0.4 is 15.4 Å². The molecule has 1 saturated heterocycles. The Morgan fingerprint density at radius 1 is 1.48 bits per heavy atom. The second kappa shape index (κ2) is 8.36. The van der Waals surface area contributed by atoms with Gasteiger partial charge in [-0.15, -0.1) is 0 Å². The molecule has 0 saturated carbocycles. The van der Waals surface area contributed by atoms with Crippen LogP contribution in [-0.2, 0) is 9.59 Å². The van der Waals surface area contributed by atoms with Crippen molar-refractivity contribution >= 4 is 17.9 Å². The van der Waals surface area contributed by atoms with Crippen molar-refractivity contribution in [1.29, 1.82) is 0 Å². The molecule has 1 aliphatic rings. The maximum Gasteiger partial charge on any atom is 0.244 e. The number of carbonyl (C=O) groups is 2. The van der Waals surface area contributed by atoms with Crippen molar-refractivity contribution in [3.05, 3.63) is 35.9 Å². The minimum Gasteiger partial charge on any atom is -0.490 e. The Labute approximate surface area is 137 Å². The number of para-hydroxylation sites is 1. The molecule has 124 valence electrons. The molecular weight excluding hydrogens is 292 g/mol. The molecule has 2 N–H and O–H groups in total. The summed E-state index contributed by atoms with van der Waals surface area (Å²) in [5.41, 5.74) is 0.844. The summed E-state index contributed by atoms with van der Waals surface area (Å²) in [6.07, 6.45) is 5.75. The number of ether oxygens (including phenoxy) is 1. The zero-order chi connectivity index (χ0) is 16.7. The van der Waals surface area contributed by atoms with Gasteiger partial charge in [0.05, 0.1) is 6.10 Å². The van der Waals surface area contributed by atoms with Gasteiger partial charge in [-0.05, 0) is 38.3 Å². The Balaban J connectivity index is 1.99. The third-order valence-corrected chi connectivity index (χ3v) is 3.84. The molecule has 0 radical (unpaired) electrons. The number of benzene rings is 1. The van der Waals surface area contributed by atoms with E-state index in [1.807, 2.05) is 31.2 Å². The number of hydrogen-bond acceptors (Lipinski definition) is 3. The molecule has 1 heterocycles. The van der Waals surface area contributed by atoms with Crippen LogP contribution in [0.2, 0.25) is 0 Å². The third-order valence-electron chi connectivity index (χ3n) is 3.84. The van der Waals surface area contributed by atoms with Crippen LogP contribution in [0, 0.1) is 0 Å². The van der Waals surface area contributed by atoms with Crippen LogP contribution >= 0.6 is 0 Å². The van der Waals surface area contributed by atoms with E-state index in [2.05, 4.69) is 17.6 Å². The van der Waals surface area contributed by atoms with E-state index in [9.17, 15) is 9.59 Å². The van der Waals surface area contributed by atoms with Gasteiger partial charge in [-0.3, -0.25) is 9.59 Å². The predicted molar refractivity (Wildman–Crippen MR) is 90.0 cm³/mol. The van der Waals surface area contributed by atoms with E-state index < -0.39 is 6.04 Å². The van der Waals surface area contributed by atoms with E-state index >= 15 is 0 Å². The van der Waals surface area contributed by atoms with Gasteiger partial charge in [-0.2, -0.15) is 0 Å². The van der Waals surface area contributed by atoms with Crippen LogP contribution in [0.5, 0.6) is 5.75 Å². The van der Waals surface area contributed by atoms with E-state index in [1.54, 1.807) is 6.08 Å². The summed E-state index contributed by atoms with van der Waals surface area (Å²) in [6, 6.07) is 7.15. The number of amides is 2. The fourth-order valence-corrected chi connectivity index (χ4v) is 2.32. The molecule has 1 fully saturated rings. The highest BCUT2D eigenvalue weighted by molar-refractivity contribution is 5.95. The van der Waals surface area contributed by atoms with Crippen molar-refractivity contribution in [2.45, 2.75) is 45.3 Å². The Morgan fingerprint density at radius 3 is 3.00 bits per heavy atom. The summed E-state index contributed by atoms with van der Waals surface area (Å²) in [5, 5.41) is 5.48. The fraction of sp³-hybridized carbons (Fsp3) is 0.444. The van der Waals surface area contributed by atoms with Crippen LogP contribution in [0.3, 0.4) is 0 Å². The van der Waals surface area contributed by atoms with E-state index in [4.69, 9.17) is 4.74 Å². The predicted octanol–water partition coefficient (Wildman–Crippen LogP) is 2.27. The number of piperidine rings is 1. The highest BCUT2D eigenvalue weighted by Gasteiger charge is 2.22. The highest BCUT2D eigenvalue weighted by Crippen LogP contribution is 2.21. The molecule has 0 aliphatic carbocycles. The molecule has 0 aromatic heterocycles. The van der Waals surface area contributed by atoms with Crippen LogP contribution in [0.4, 0.5) is 0 Å². The Kier molecular flexibility index (Phi) is 6.20. The minimum atomic E-state index is -0.437. The van der Waals surface area contributed by atoms with Crippen molar-refractivity contribution in [3.8, 4) is 5.75 Å². The number of carbonyl (C=O) groups excluding carboxylic acids is 2. The second-order valence-electron chi connectivity index (χ2n) is 5.70. The molecule has 2 rings (SSSR count). The number of rotatable bonds is 6. The molecule has 2 amide bonds. The number of nitrogens with one attached hydrogen (secondary N) is 2. The molecule has 5 nitrogen and oxygen atoms in total. The molecule has 0 unspecified atom stereocenters. The first kappa shape index (κ1) is 17.1. The van der Waals surface area contributed by atoms with Gasteiger partial charge in [0.15, 0.2) is 0 Å². The summed E-state index contributed by atoms with van der Waals surface area (Å²) in [5.74, 6) is 0.366. The van der Waals surface area contributed by atoms with Crippen molar-refractivity contribution < 1.29 is 14.3 Å². The van der Waals surface area contributed by atoms with Crippen LogP contribution in [0.15, 0.2) is 30.3 Å².